The summed E-state index contributed by atoms with van der Waals surface area (Å²) < 4.78 is 37.6. The predicted octanol–water partition coefficient (Wildman–Crippen LogP) is 3.18. The fourth-order valence-corrected chi connectivity index (χ4v) is 2.35. The fourth-order valence-electron chi connectivity index (χ4n) is 2.35. The summed E-state index contributed by atoms with van der Waals surface area (Å²) in [7, 11) is 0. The molecular formula is C14H17F3N2O. The molecule has 1 aromatic rings. The molecule has 0 radical (unpaired) electrons. The van der Waals surface area contributed by atoms with Gasteiger partial charge in [-0.2, -0.15) is 13.2 Å². The molecule has 6 heteroatoms. The highest BCUT2D eigenvalue weighted by Crippen LogP contribution is 2.30. The molecule has 0 spiro atoms. The van der Waals surface area contributed by atoms with Gasteiger partial charge in [0.2, 0.25) is 5.91 Å². The lowest BCUT2D eigenvalue weighted by molar-refractivity contribution is -0.137. The average Bonchev–Trinajstić information content (AvgIpc) is 2.89. The molecule has 1 aliphatic carbocycles. The van der Waals surface area contributed by atoms with E-state index < -0.39 is 11.7 Å². The van der Waals surface area contributed by atoms with Gasteiger partial charge in [-0.05, 0) is 31.0 Å². The van der Waals surface area contributed by atoms with Crippen LogP contribution in [-0.2, 0) is 11.0 Å². The molecule has 1 amide bonds. The summed E-state index contributed by atoms with van der Waals surface area (Å²) in [5.74, 6) is -0.323. The third-order valence-electron chi connectivity index (χ3n) is 3.38. The van der Waals surface area contributed by atoms with E-state index in [9.17, 15) is 18.0 Å². The number of carbonyl (C=O) groups excluding carboxylic acids is 1. The minimum atomic E-state index is -4.40. The molecule has 1 aromatic carbocycles. The second-order valence-electron chi connectivity index (χ2n) is 4.99. The van der Waals surface area contributed by atoms with Crippen LogP contribution in [0.15, 0.2) is 24.3 Å². The summed E-state index contributed by atoms with van der Waals surface area (Å²) in [6.45, 7) is 0.126. The highest BCUT2D eigenvalue weighted by Gasteiger charge is 2.30. The summed E-state index contributed by atoms with van der Waals surface area (Å²) in [6.07, 6.45) is 0.0241. The highest BCUT2D eigenvalue weighted by molar-refractivity contribution is 5.92. The molecule has 2 N–H and O–H groups in total. The van der Waals surface area contributed by atoms with Crippen LogP contribution in [0.3, 0.4) is 0 Å². The van der Waals surface area contributed by atoms with Crippen molar-refractivity contribution in [3.63, 3.8) is 0 Å². The number of halogens is 3. The summed E-state index contributed by atoms with van der Waals surface area (Å²) >= 11 is 0. The molecule has 0 unspecified atom stereocenters. The Morgan fingerprint density at radius 3 is 2.60 bits per heavy atom. The number of hydrogen-bond donors (Lipinski definition) is 2. The number of alkyl halides is 3. The lowest BCUT2D eigenvalue weighted by Gasteiger charge is -2.13. The van der Waals surface area contributed by atoms with Gasteiger partial charge in [-0.25, -0.2) is 0 Å². The van der Waals surface area contributed by atoms with E-state index in [1.54, 1.807) is 0 Å². The molecule has 1 fully saturated rings. The number of nitrogens with one attached hydrogen (secondary N) is 2. The first-order chi connectivity index (χ1) is 9.45. The van der Waals surface area contributed by atoms with Crippen LogP contribution in [0, 0.1) is 0 Å². The first kappa shape index (κ1) is 14.8. The minimum absolute atomic E-state index is 0.126. The molecular weight excluding hydrogens is 269 g/mol. The molecule has 2 rings (SSSR count). The number of hydrogen-bond acceptors (Lipinski definition) is 2. The Hall–Kier alpha value is -1.56. The third kappa shape index (κ3) is 4.23. The Morgan fingerprint density at radius 1 is 1.25 bits per heavy atom. The zero-order valence-electron chi connectivity index (χ0n) is 11.0. The second kappa shape index (κ2) is 6.26. The van der Waals surface area contributed by atoms with Crippen molar-refractivity contribution >= 4 is 11.6 Å². The molecule has 3 nitrogen and oxygen atoms in total. The van der Waals surface area contributed by atoms with Crippen LogP contribution in [0.5, 0.6) is 0 Å². The summed E-state index contributed by atoms with van der Waals surface area (Å²) in [4.78, 5) is 11.7. The van der Waals surface area contributed by atoms with Gasteiger partial charge in [-0.1, -0.05) is 18.9 Å². The van der Waals surface area contributed by atoms with E-state index in [4.69, 9.17) is 0 Å². The molecule has 1 aliphatic rings. The molecule has 20 heavy (non-hydrogen) atoms. The first-order valence-electron chi connectivity index (χ1n) is 6.65. The van der Waals surface area contributed by atoms with E-state index in [2.05, 4.69) is 10.6 Å². The van der Waals surface area contributed by atoms with Crippen molar-refractivity contribution < 1.29 is 18.0 Å². The van der Waals surface area contributed by atoms with Crippen LogP contribution in [-0.4, -0.2) is 18.5 Å². The largest absolute Gasteiger partial charge is 0.416 e. The average molecular weight is 286 g/mol. The van der Waals surface area contributed by atoms with Crippen molar-refractivity contribution in [3.05, 3.63) is 29.8 Å². The van der Waals surface area contributed by atoms with Gasteiger partial charge in [0.25, 0.3) is 0 Å². The summed E-state index contributed by atoms with van der Waals surface area (Å²) in [5.41, 5.74) is -0.600. The topological polar surface area (TPSA) is 41.1 Å². The maximum Gasteiger partial charge on any atom is 0.416 e. The highest BCUT2D eigenvalue weighted by atomic mass is 19.4. The van der Waals surface area contributed by atoms with Gasteiger partial charge in [0.15, 0.2) is 0 Å². The normalized spacial score (nSPS) is 16.4. The SMILES string of the molecule is O=C(CNC1CCCC1)Nc1cccc(C(F)(F)F)c1. The Bertz CT molecular complexity index is 468. The van der Waals surface area contributed by atoms with E-state index >= 15 is 0 Å². The smallest absolute Gasteiger partial charge is 0.325 e. The maximum atomic E-state index is 12.5. The van der Waals surface area contributed by atoms with Gasteiger partial charge in [0.1, 0.15) is 0 Å². The molecule has 110 valence electrons. The van der Waals surface area contributed by atoms with Crippen LogP contribution < -0.4 is 10.6 Å². The van der Waals surface area contributed by atoms with Crippen LogP contribution >= 0.6 is 0 Å². The Balaban J connectivity index is 1.87. The first-order valence-corrected chi connectivity index (χ1v) is 6.65. The summed E-state index contributed by atoms with van der Waals surface area (Å²) in [6, 6.07) is 4.99. The number of rotatable bonds is 4. The van der Waals surface area contributed by atoms with Gasteiger partial charge in [-0.15, -0.1) is 0 Å². The van der Waals surface area contributed by atoms with E-state index in [1.165, 1.54) is 12.1 Å². The fraction of sp³-hybridized carbons (Fsp3) is 0.500. The van der Waals surface area contributed by atoms with Gasteiger partial charge in [-0.3, -0.25) is 4.79 Å². The van der Waals surface area contributed by atoms with Crippen LogP contribution in [0.25, 0.3) is 0 Å². The maximum absolute atomic E-state index is 12.5. The van der Waals surface area contributed by atoms with E-state index in [0.717, 1.165) is 37.8 Å². The van der Waals surface area contributed by atoms with Crippen molar-refractivity contribution in [3.8, 4) is 0 Å². The van der Waals surface area contributed by atoms with Crippen LogP contribution in [0.1, 0.15) is 31.2 Å². The van der Waals surface area contributed by atoms with E-state index in [-0.39, 0.29) is 18.1 Å². The monoisotopic (exact) mass is 286 g/mol. The number of anilines is 1. The zero-order chi connectivity index (χ0) is 14.6. The van der Waals surface area contributed by atoms with Crippen LogP contribution in [0.2, 0.25) is 0 Å². The van der Waals surface area contributed by atoms with E-state index in [0.29, 0.717) is 6.04 Å². The molecule has 0 saturated heterocycles. The van der Waals surface area contributed by atoms with E-state index in [1.807, 2.05) is 0 Å². The standard InChI is InChI=1S/C14H17F3N2O/c15-14(16,17)10-4-3-7-12(8-10)19-13(20)9-18-11-5-1-2-6-11/h3-4,7-8,11,18H,1-2,5-6,9H2,(H,19,20). The van der Waals surface area contributed by atoms with Crippen molar-refractivity contribution in [1.29, 1.82) is 0 Å². The van der Waals surface area contributed by atoms with Gasteiger partial charge >= 0.3 is 6.18 Å². The Labute approximate surface area is 115 Å². The number of benzene rings is 1. The lowest BCUT2D eigenvalue weighted by Crippen LogP contribution is -2.34. The van der Waals surface area contributed by atoms with Gasteiger partial charge in [0, 0.05) is 11.7 Å². The molecule has 0 atom stereocenters. The second-order valence-corrected chi connectivity index (χ2v) is 4.99. The van der Waals surface area contributed by atoms with Crippen molar-refractivity contribution in [2.75, 3.05) is 11.9 Å². The molecule has 1 saturated carbocycles. The predicted molar refractivity (Wildman–Crippen MR) is 70.3 cm³/mol. The minimum Gasteiger partial charge on any atom is -0.325 e. The quantitative estimate of drug-likeness (QED) is 0.892. The Kier molecular flexibility index (Phi) is 4.65. The van der Waals surface area contributed by atoms with Crippen molar-refractivity contribution in [2.24, 2.45) is 0 Å². The van der Waals surface area contributed by atoms with Gasteiger partial charge in [0.05, 0.1) is 12.1 Å². The van der Waals surface area contributed by atoms with Crippen molar-refractivity contribution in [2.45, 2.75) is 37.9 Å². The molecule has 0 aromatic heterocycles. The zero-order valence-corrected chi connectivity index (χ0v) is 11.0. The van der Waals surface area contributed by atoms with Crippen LogP contribution in [0.4, 0.5) is 18.9 Å². The van der Waals surface area contributed by atoms with Gasteiger partial charge < -0.3 is 10.6 Å². The molecule has 0 heterocycles. The number of amides is 1. The molecule has 0 bridgehead atoms. The summed E-state index contributed by atoms with van der Waals surface area (Å²) in [5, 5.41) is 5.59. The third-order valence-corrected chi connectivity index (χ3v) is 3.38. The Morgan fingerprint density at radius 2 is 1.95 bits per heavy atom. The molecule has 0 aliphatic heterocycles. The lowest BCUT2D eigenvalue weighted by atomic mass is 10.2. The number of carbonyl (C=O) groups is 1. The van der Waals surface area contributed by atoms with Crippen molar-refractivity contribution in [1.82, 2.24) is 5.32 Å².